The molecule has 1 aromatic heterocycles. The maximum absolute atomic E-state index is 11.6. The molecule has 19 heavy (non-hydrogen) atoms. The van der Waals surface area contributed by atoms with Gasteiger partial charge in [-0.3, -0.25) is 0 Å². The van der Waals surface area contributed by atoms with Crippen LogP contribution in [0.3, 0.4) is 0 Å². The molecule has 104 valence electrons. The van der Waals surface area contributed by atoms with Gasteiger partial charge in [0.25, 0.3) is 0 Å². The highest BCUT2D eigenvalue weighted by Crippen LogP contribution is 2.23. The summed E-state index contributed by atoms with van der Waals surface area (Å²) in [5.41, 5.74) is 1.97. The molecule has 0 saturated heterocycles. The SMILES string of the molecule is O=c1nc(NC2CCCCCC2)c2c([nH]1)CCNC2. The predicted molar refractivity (Wildman–Crippen MR) is 75.4 cm³/mol. The Bertz CT molecular complexity index is 489. The number of nitrogens with zero attached hydrogens (tertiary/aromatic N) is 1. The second-order valence-electron chi connectivity index (χ2n) is 5.61. The van der Waals surface area contributed by atoms with Gasteiger partial charge in [0.05, 0.1) is 0 Å². The normalized spacial score (nSPS) is 20.6. The quantitative estimate of drug-likeness (QED) is 0.707. The lowest BCUT2D eigenvalue weighted by Gasteiger charge is -2.23. The van der Waals surface area contributed by atoms with Gasteiger partial charge in [-0.1, -0.05) is 25.7 Å². The molecule has 1 aliphatic heterocycles. The van der Waals surface area contributed by atoms with Crippen molar-refractivity contribution in [3.05, 3.63) is 21.7 Å². The molecule has 1 fully saturated rings. The van der Waals surface area contributed by atoms with E-state index in [1.54, 1.807) is 0 Å². The van der Waals surface area contributed by atoms with Gasteiger partial charge in [-0.05, 0) is 12.8 Å². The first-order valence-electron chi connectivity index (χ1n) is 7.42. The van der Waals surface area contributed by atoms with Gasteiger partial charge in [-0.15, -0.1) is 0 Å². The highest BCUT2D eigenvalue weighted by molar-refractivity contribution is 5.47. The predicted octanol–water partition coefficient (Wildman–Crippen LogP) is 1.55. The summed E-state index contributed by atoms with van der Waals surface area (Å²) in [5, 5.41) is 6.87. The lowest BCUT2D eigenvalue weighted by molar-refractivity contribution is 0.600. The molecule has 5 nitrogen and oxygen atoms in total. The third-order valence-electron chi connectivity index (χ3n) is 4.17. The zero-order valence-electron chi connectivity index (χ0n) is 11.3. The van der Waals surface area contributed by atoms with Crippen molar-refractivity contribution in [2.45, 2.75) is 57.5 Å². The van der Waals surface area contributed by atoms with Crippen LogP contribution in [0, 0.1) is 0 Å². The molecule has 0 unspecified atom stereocenters. The summed E-state index contributed by atoms with van der Waals surface area (Å²) in [6, 6.07) is 0.475. The van der Waals surface area contributed by atoms with Crippen LogP contribution in [-0.4, -0.2) is 22.6 Å². The van der Waals surface area contributed by atoms with E-state index in [1.807, 2.05) is 0 Å². The van der Waals surface area contributed by atoms with Crippen LogP contribution in [0.2, 0.25) is 0 Å². The number of hydrogen-bond donors (Lipinski definition) is 3. The minimum Gasteiger partial charge on any atom is -0.367 e. The third kappa shape index (κ3) is 2.97. The summed E-state index contributed by atoms with van der Waals surface area (Å²) in [6.07, 6.45) is 8.49. The largest absolute Gasteiger partial charge is 0.367 e. The molecule has 1 saturated carbocycles. The smallest absolute Gasteiger partial charge is 0.347 e. The Morgan fingerprint density at radius 2 is 1.95 bits per heavy atom. The van der Waals surface area contributed by atoms with Gasteiger partial charge in [0.2, 0.25) is 0 Å². The topological polar surface area (TPSA) is 69.8 Å². The zero-order valence-corrected chi connectivity index (χ0v) is 11.3. The molecular formula is C14H22N4O. The second kappa shape index (κ2) is 5.74. The molecule has 1 aromatic rings. The summed E-state index contributed by atoms with van der Waals surface area (Å²) >= 11 is 0. The number of aromatic amines is 1. The van der Waals surface area contributed by atoms with Crippen molar-refractivity contribution in [2.75, 3.05) is 11.9 Å². The Kier molecular flexibility index (Phi) is 3.82. The summed E-state index contributed by atoms with van der Waals surface area (Å²) in [4.78, 5) is 18.7. The van der Waals surface area contributed by atoms with Gasteiger partial charge >= 0.3 is 5.69 Å². The van der Waals surface area contributed by atoms with E-state index in [9.17, 15) is 4.79 Å². The van der Waals surface area contributed by atoms with Crippen LogP contribution < -0.4 is 16.3 Å². The minimum absolute atomic E-state index is 0.225. The van der Waals surface area contributed by atoms with E-state index in [0.717, 1.165) is 36.6 Å². The van der Waals surface area contributed by atoms with E-state index in [2.05, 4.69) is 20.6 Å². The van der Waals surface area contributed by atoms with Crippen molar-refractivity contribution in [3.63, 3.8) is 0 Å². The van der Waals surface area contributed by atoms with E-state index in [0.29, 0.717) is 6.04 Å². The summed E-state index contributed by atoms with van der Waals surface area (Å²) in [5.74, 6) is 0.804. The Morgan fingerprint density at radius 1 is 1.16 bits per heavy atom. The fraction of sp³-hybridized carbons (Fsp3) is 0.714. The van der Waals surface area contributed by atoms with Crippen LogP contribution in [-0.2, 0) is 13.0 Å². The highest BCUT2D eigenvalue weighted by atomic mass is 16.1. The maximum Gasteiger partial charge on any atom is 0.347 e. The summed E-state index contributed by atoms with van der Waals surface area (Å²) < 4.78 is 0. The lowest BCUT2D eigenvalue weighted by atomic mass is 10.1. The Morgan fingerprint density at radius 3 is 2.74 bits per heavy atom. The van der Waals surface area contributed by atoms with Crippen LogP contribution >= 0.6 is 0 Å². The summed E-state index contributed by atoms with van der Waals surface area (Å²) in [7, 11) is 0. The lowest BCUT2D eigenvalue weighted by Crippen LogP contribution is -2.31. The molecule has 5 heteroatoms. The first-order chi connectivity index (χ1) is 9.33. The van der Waals surface area contributed by atoms with E-state index in [4.69, 9.17) is 0 Å². The zero-order chi connectivity index (χ0) is 13.1. The van der Waals surface area contributed by atoms with Gasteiger partial charge in [-0.25, -0.2) is 4.79 Å². The van der Waals surface area contributed by atoms with Gasteiger partial charge in [0, 0.05) is 36.8 Å². The monoisotopic (exact) mass is 262 g/mol. The average molecular weight is 262 g/mol. The third-order valence-corrected chi connectivity index (χ3v) is 4.17. The Hall–Kier alpha value is -1.36. The second-order valence-corrected chi connectivity index (χ2v) is 5.61. The van der Waals surface area contributed by atoms with E-state index in [-0.39, 0.29) is 5.69 Å². The molecule has 2 heterocycles. The molecule has 0 amide bonds. The van der Waals surface area contributed by atoms with E-state index in [1.165, 1.54) is 38.5 Å². The maximum atomic E-state index is 11.6. The van der Waals surface area contributed by atoms with Crippen LogP contribution in [0.15, 0.2) is 4.79 Å². The molecule has 3 N–H and O–H groups in total. The number of hydrogen-bond acceptors (Lipinski definition) is 4. The van der Waals surface area contributed by atoms with Gasteiger partial charge in [0.1, 0.15) is 5.82 Å². The van der Waals surface area contributed by atoms with Crippen LogP contribution in [0.4, 0.5) is 5.82 Å². The van der Waals surface area contributed by atoms with Gasteiger partial charge in [-0.2, -0.15) is 4.98 Å². The molecular weight excluding hydrogens is 240 g/mol. The number of fused-ring (bicyclic) bond motifs is 1. The van der Waals surface area contributed by atoms with Gasteiger partial charge < -0.3 is 15.6 Å². The molecule has 0 spiro atoms. The van der Waals surface area contributed by atoms with Gasteiger partial charge in [0.15, 0.2) is 0 Å². The minimum atomic E-state index is -0.225. The number of H-pyrrole nitrogens is 1. The standard InChI is InChI=1S/C14H22N4O/c19-14-17-12-7-8-15-9-11(12)13(18-14)16-10-5-3-1-2-4-6-10/h10,15H,1-9H2,(H2,16,17,18,19). The molecule has 0 radical (unpaired) electrons. The van der Waals surface area contributed by atoms with Crippen LogP contribution in [0.25, 0.3) is 0 Å². The van der Waals surface area contributed by atoms with Crippen molar-refractivity contribution in [1.29, 1.82) is 0 Å². The van der Waals surface area contributed by atoms with Crippen molar-refractivity contribution < 1.29 is 0 Å². The van der Waals surface area contributed by atoms with Crippen molar-refractivity contribution in [1.82, 2.24) is 15.3 Å². The Balaban J connectivity index is 1.83. The molecule has 2 aliphatic rings. The molecule has 0 aromatic carbocycles. The first kappa shape index (κ1) is 12.7. The molecule has 1 aliphatic carbocycles. The van der Waals surface area contributed by atoms with E-state index < -0.39 is 0 Å². The van der Waals surface area contributed by atoms with Crippen molar-refractivity contribution in [3.8, 4) is 0 Å². The molecule has 0 bridgehead atoms. The van der Waals surface area contributed by atoms with E-state index >= 15 is 0 Å². The molecule has 3 rings (SSSR count). The first-order valence-corrected chi connectivity index (χ1v) is 7.42. The fourth-order valence-electron chi connectivity index (χ4n) is 3.11. The highest BCUT2D eigenvalue weighted by Gasteiger charge is 2.19. The average Bonchev–Trinajstić information content (AvgIpc) is 2.67. The number of aromatic nitrogens is 2. The summed E-state index contributed by atoms with van der Waals surface area (Å²) in [6.45, 7) is 1.73. The van der Waals surface area contributed by atoms with Crippen LogP contribution in [0.1, 0.15) is 49.8 Å². The van der Waals surface area contributed by atoms with Crippen molar-refractivity contribution in [2.24, 2.45) is 0 Å². The molecule has 0 atom stereocenters. The number of anilines is 1. The van der Waals surface area contributed by atoms with Crippen molar-refractivity contribution >= 4 is 5.82 Å². The number of rotatable bonds is 2. The fourth-order valence-corrected chi connectivity index (χ4v) is 3.11. The number of nitrogens with one attached hydrogen (secondary N) is 3. The van der Waals surface area contributed by atoms with Crippen LogP contribution in [0.5, 0.6) is 0 Å². The Labute approximate surface area is 113 Å².